The Bertz CT molecular complexity index is 863. The second kappa shape index (κ2) is 7.21. The normalized spacial score (nSPS) is 19.0. The minimum Gasteiger partial charge on any atom is -0.337 e. The van der Waals surface area contributed by atoms with Crippen LogP contribution >= 0.6 is 11.3 Å². The van der Waals surface area contributed by atoms with Crippen molar-refractivity contribution in [3.05, 3.63) is 45.7 Å². The van der Waals surface area contributed by atoms with Crippen LogP contribution in [0.1, 0.15) is 32.4 Å². The van der Waals surface area contributed by atoms with Gasteiger partial charge in [-0.1, -0.05) is 0 Å². The first kappa shape index (κ1) is 18.0. The molecule has 3 rings (SSSR count). The maximum Gasteiger partial charge on any atom is 0.265 e. The second-order valence-electron chi connectivity index (χ2n) is 6.35. The number of hydrogen-bond acceptors (Lipinski definition) is 6. The van der Waals surface area contributed by atoms with E-state index in [4.69, 9.17) is 0 Å². The minimum atomic E-state index is -3.01. The molecule has 2 aromatic rings. The van der Waals surface area contributed by atoms with Crippen LogP contribution in [-0.4, -0.2) is 53.8 Å². The number of carbonyl (C=O) groups is 1. The largest absolute Gasteiger partial charge is 0.337 e. The number of carbonyl (C=O) groups excluding carboxylic acids is 1. The fourth-order valence-corrected chi connectivity index (χ4v) is 5.79. The molecule has 0 aromatic carbocycles. The standard InChI is InChI=1S/C17H21N3O3S2/c1-12-16(17(21)20(2)14-7-10-25(22,23)11-14)24-15(19-12)4-3-13-5-8-18-9-6-13/h5-6,8-9,14H,3-4,7,10-11H2,1-2H3. The second-order valence-corrected chi connectivity index (χ2v) is 9.66. The Morgan fingerprint density at radius 1 is 1.32 bits per heavy atom. The first-order valence-electron chi connectivity index (χ1n) is 8.18. The number of thiazole rings is 1. The predicted molar refractivity (Wildman–Crippen MR) is 97.6 cm³/mol. The van der Waals surface area contributed by atoms with Crippen molar-refractivity contribution in [2.45, 2.75) is 32.2 Å². The van der Waals surface area contributed by atoms with Gasteiger partial charge in [-0.2, -0.15) is 0 Å². The van der Waals surface area contributed by atoms with E-state index in [1.807, 2.05) is 19.1 Å². The Labute approximate surface area is 151 Å². The summed E-state index contributed by atoms with van der Waals surface area (Å²) in [6.45, 7) is 1.83. The summed E-state index contributed by atoms with van der Waals surface area (Å²) >= 11 is 1.41. The van der Waals surface area contributed by atoms with E-state index in [9.17, 15) is 13.2 Å². The molecule has 2 aromatic heterocycles. The summed E-state index contributed by atoms with van der Waals surface area (Å²) < 4.78 is 23.3. The third-order valence-corrected chi connectivity index (χ3v) is 7.44. The zero-order valence-electron chi connectivity index (χ0n) is 14.3. The highest BCUT2D eigenvalue weighted by Gasteiger charge is 2.34. The number of amides is 1. The number of aryl methyl sites for hydroxylation is 3. The van der Waals surface area contributed by atoms with Crippen LogP contribution in [-0.2, 0) is 22.7 Å². The molecule has 1 atom stereocenters. The van der Waals surface area contributed by atoms with Gasteiger partial charge in [-0.05, 0) is 37.5 Å². The molecule has 0 bridgehead atoms. The molecule has 25 heavy (non-hydrogen) atoms. The van der Waals surface area contributed by atoms with E-state index in [0.29, 0.717) is 17.0 Å². The topological polar surface area (TPSA) is 80.2 Å². The molecule has 0 spiro atoms. The van der Waals surface area contributed by atoms with Gasteiger partial charge in [-0.25, -0.2) is 13.4 Å². The molecule has 1 aliphatic heterocycles. The van der Waals surface area contributed by atoms with Crippen molar-refractivity contribution < 1.29 is 13.2 Å². The van der Waals surface area contributed by atoms with Gasteiger partial charge in [0, 0.05) is 31.9 Å². The third-order valence-electron chi connectivity index (χ3n) is 4.49. The van der Waals surface area contributed by atoms with Gasteiger partial charge in [0.05, 0.1) is 22.2 Å². The summed E-state index contributed by atoms with van der Waals surface area (Å²) in [4.78, 5) is 23.4. The lowest BCUT2D eigenvalue weighted by Gasteiger charge is -2.22. The van der Waals surface area contributed by atoms with E-state index in [0.717, 1.165) is 17.8 Å². The zero-order valence-corrected chi connectivity index (χ0v) is 15.9. The number of pyridine rings is 1. The van der Waals surface area contributed by atoms with E-state index in [1.165, 1.54) is 16.9 Å². The van der Waals surface area contributed by atoms with Crippen LogP contribution in [0.5, 0.6) is 0 Å². The zero-order chi connectivity index (χ0) is 18.0. The molecule has 1 fully saturated rings. The molecular weight excluding hydrogens is 358 g/mol. The van der Waals surface area contributed by atoms with Gasteiger partial charge >= 0.3 is 0 Å². The van der Waals surface area contributed by atoms with Gasteiger partial charge in [-0.15, -0.1) is 11.3 Å². The third kappa shape index (κ3) is 4.24. The Balaban J connectivity index is 1.68. The molecule has 1 saturated heterocycles. The lowest BCUT2D eigenvalue weighted by atomic mass is 10.1. The van der Waals surface area contributed by atoms with E-state index in [1.54, 1.807) is 24.3 Å². The number of aromatic nitrogens is 2. The highest BCUT2D eigenvalue weighted by molar-refractivity contribution is 7.91. The molecular formula is C17H21N3O3S2. The summed E-state index contributed by atoms with van der Waals surface area (Å²) in [5, 5.41) is 0.921. The average molecular weight is 380 g/mol. The van der Waals surface area contributed by atoms with Crippen molar-refractivity contribution in [3.63, 3.8) is 0 Å². The number of hydrogen-bond donors (Lipinski definition) is 0. The van der Waals surface area contributed by atoms with Crippen molar-refractivity contribution in [2.24, 2.45) is 0 Å². The van der Waals surface area contributed by atoms with Gasteiger partial charge in [0.15, 0.2) is 9.84 Å². The van der Waals surface area contributed by atoms with Crippen LogP contribution < -0.4 is 0 Å². The first-order valence-corrected chi connectivity index (χ1v) is 10.8. The number of rotatable bonds is 5. The highest BCUT2D eigenvalue weighted by atomic mass is 32.2. The Morgan fingerprint density at radius 2 is 2.04 bits per heavy atom. The van der Waals surface area contributed by atoms with E-state index in [2.05, 4.69) is 9.97 Å². The molecule has 3 heterocycles. The van der Waals surface area contributed by atoms with Crippen LogP contribution in [0.15, 0.2) is 24.5 Å². The smallest absolute Gasteiger partial charge is 0.265 e. The molecule has 0 radical (unpaired) electrons. The Morgan fingerprint density at radius 3 is 2.68 bits per heavy atom. The summed E-state index contributed by atoms with van der Waals surface area (Å²) in [6, 6.07) is 3.71. The van der Waals surface area contributed by atoms with Gasteiger partial charge < -0.3 is 4.90 Å². The summed E-state index contributed by atoms with van der Waals surface area (Å²) in [5.74, 6) is 0.0862. The fourth-order valence-electron chi connectivity index (χ4n) is 2.97. The van der Waals surface area contributed by atoms with Crippen LogP contribution in [0.2, 0.25) is 0 Å². The molecule has 1 amide bonds. The first-order chi connectivity index (χ1) is 11.9. The van der Waals surface area contributed by atoms with Gasteiger partial charge in [0.1, 0.15) is 4.88 Å². The summed E-state index contributed by atoms with van der Waals surface area (Å²) in [6.07, 6.45) is 5.66. The highest BCUT2D eigenvalue weighted by Crippen LogP contribution is 2.24. The molecule has 1 unspecified atom stereocenters. The number of nitrogens with zero attached hydrogens (tertiary/aromatic N) is 3. The monoisotopic (exact) mass is 379 g/mol. The molecule has 0 saturated carbocycles. The lowest BCUT2D eigenvalue weighted by molar-refractivity contribution is 0.0751. The quantitative estimate of drug-likeness (QED) is 0.792. The molecule has 0 aliphatic carbocycles. The van der Waals surface area contributed by atoms with Crippen molar-refractivity contribution in [1.29, 1.82) is 0 Å². The molecule has 8 heteroatoms. The van der Waals surface area contributed by atoms with Crippen molar-refractivity contribution in [1.82, 2.24) is 14.9 Å². The van der Waals surface area contributed by atoms with Crippen molar-refractivity contribution in [2.75, 3.05) is 18.6 Å². The lowest BCUT2D eigenvalue weighted by Crippen LogP contribution is -2.37. The van der Waals surface area contributed by atoms with Gasteiger partial charge in [0.25, 0.3) is 5.91 Å². The Kier molecular flexibility index (Phi) is 5.19. The van der Waals surface area contributed by atoms with Crippen LogP contribution in [0.4, 0.5) is 0 Å². The Hall–Kier alpha value is -1.80. The van der Waals surface area contributed by atoms with E-state index < -0.39 is 9.84 Å². The predicted octanol–water partition coefficient (Wildman–Crippen LogP) is 1.89. The van der Waals surface area contributed by atoms with Crippen molar-refractivity contribution in [3.8, 4) is 0 Å². The van der Waals surface area contributed by atoms with Crippen molar-refractivity contribution >= 4 is 27.1 Å². The maximum atomic E-state index is 12.7. The molecule has 134 valence electrons. The van der Waals surface area contributed by atoms with E-state index in [-0.39, 0.29) is 23.5 Å². The molecule has 0 N–H and O–H groups in total. The minimum absolute atomic E-state index is 0.0575. The van der Waals surface area contributed by atoms with Gasteiger partial charge in [0.2, 0.25) is 0 Å². The van der Waals surface area contributed by atoms with Crippen LogP contribution in [0, 0.1) is 6.92 Å². The number of sulfone groups is 1. The molecule has 6 nitrogen and oxygen atoms in total. The van der Waals surface area contributed by atoms with Gasteiger partial charge in [-0.3, -0.25) is 9.78 Å². The van der Waals surface area contributed by atoms with Crippen LogP contribution in [0.25, 0.3) is 0 Å². The maximum absolute atomic E-state index is 12.7. The van der Waals surface area contributed by atoms with Crippen LogP contribution in [0.3, 0.4) is 0 Å². The van der Waals surface area contributed by atoms with E-state index >= 15 is 0 Å². The SMILES string of the molecule is Cc1nc(CCc2ccncc2)sc1C(=O)N(C)C1CCS(=O)(=O)C1. The average Bonchev–Trinajstić information content (AvgIpc) is 3.14. The molecule has 1 aliphatic rings. The fraction of sp³-hybridized carbons (Fsp3) is 0.471. The summed E-state index contributed by atoms with van der Waals surface area (Å²) in [7, 11) is -1.33. The summed E-state index contributed by atoms with van der Waals surface area (Å²) in [5.41, 5.74) is 1.90.